The number of halogens is 3. The van der Waals surface area contributed by atoms with E-state index in [4.69, 9.17) is 0 Å². The molecule has 0 unspecified atom stereocenters. The second-order valence-corrected chi connectivity index (χ2v) is 9.98. The van der Waals surface area contributed by atoms with Gasteiger partial charge in [-0.15, -0.1) is 0 Å². The van der Waals surface area contributed by atoms with Crippen LogP contribution in [0.3, 0.4) is 0 Å². The van der Waals surface area contributed by atoms with Crippen molar-refractivity contribution in [2.75, 3.05) is 6.54 Å². The van der Waals surface area contributed by atoms with Gasteiger partial charge in [0.15, 0.2) is 0 Å². The van der Waals surface area contributed by atoms with Crippen molar-refractivity contribution in [1.29, 1.82) is 0 Å². The van der Waals surface area contributed by atoms with Crippen molar-refractivity contribution in [1.82, 2.24) is 10.6 Å². The minimum absolute atomic E-state index is 0.00253. The third kappa shape index (κ3) is 8.58. The molecule has 38 heavy (non-hydrogen) atoms. The Labute approximate surface area is 220 Å². The highest BCUT2D eigenvalue weighted by Gasteiger charge is 2.30. The summed E-state index contributed by atoms with van der Waals surface area (Å²) in [4.78, 5) is 12.4. The number of aliphatic hydroxyl groups excluding tert-OH is 2. The molecule has 0 fully saturated rings. The molecule has 5 N–H and O–H groups in total. The van der Waals surface area contributed by atoms with Crippen LogP contribution in [0.5, 0.6) is 5.75 Å². The Morgan fingerprint density at radius 3 is 2.34 bits per heavy atom. The highest BCUT2D eigenvalue weighted by molar-refractivity contribution is 5.78. The zero-order valence-electron chi connectivity index (χ0n) is 21.3. The number of alkyl halides is 3. The van der Waals surface area contributed by atoms with Crippen molar-refractivity contribution in [2.24, 2.45) is 0 Å². The average Bonchev–Trinajstić information content (AvgIpc) is 2.86. The van der Waals surface area contributed by atoms with Crippen LogP contribution in [0.25, 0.3) is 0 Å². The van der Waals surface area contributed by atoms with E-state index in [0.29, 0.717) is 23.1 Å². The molecule has 1 amide bonds. The number of nitrogens with one attached hydrogen (secondary N) is 2. The highest BCUT2D eigenvalue weighted by atomic mass is 19.4. The van der Waals surface area contributed by atoms with Gasteiger partial charge in [0.25, 0.3) is 0 Å². The molecule has 0 saturated carbocycles. The van der Waals surface area contributed by atoms with Crippen LogP contribution in [0.4, 0.5) is 13.2 Å². The molecule has 0 aromatic heterocycles. The maximum atomic E-state index is 12.9. The number of carbonyl (C=O) groups excluding carboxylic acids is 1. The van der Waals surface area contributed by atoms with Crippen molar-refractivity contribution in [2.45, 2.75) is 57.7 Å². The van der Waals surface area contributed by atoms with Gasteiger partial charge in [0.05, 0.1) is 24.7 Å². The molecule has 204 valence electrons. The van der Waals surface area contributed by atoms with Crippen molar-refractivity contribution < 1.29 is 33.3 Å². The molecule has 1 atom stereocenters. The number of amides is 1. The predicted octanol–water partition coefficient (Wildman–Crippen LogP) is 4.41. The number of benzene rings is 3. The first-order valence-corrected chi connectivity index (χ1v) is 12.2. The summed E-state index contributed by atoms with van der Waals surface area (Å²) >= 11 is 0. The van der Waals surface area contributed by atoms with Gasteiger partial charge in [-0.05, 0) is 66.8 Å². The SMILES string of the molecule is CC(C)(Cc1cccc(CC(=O)NCc2cccc(C(F)(F)F)c2)c1)NC[C@H](O)c1ccc(O)c(CO)c1. The Balaban J connectivity index is 1.53. The molecule has 0 radical (unpaired) electrons. The lowest BCUT2D eigenvalue weighted by atomic mass is 9.93. The van der Waals surface area contributed by atoms with E-state index in [2.05, 4.69) is 10.6 Å². The van der Waals surface area contributed by atoms with Gasteiger partial charge in [-0.2, -0.15) is 13.2 Å². The van der Waals surface area contributed by atoms with E-state index in [0.717, 1.165) is 23.3 Å². The molecule has 3 aromatic carbocycles. The molecule has 0 aliphatic carbocycles. The molecule has 0 bridgehead atoms. The number of phenols is 1. The zero-order valence-corrected chi connectivity index (χ0v) is 21.3. The van der Waals surface area contributed by atoms with Crippen LogP contribution < -0.4 is 10.6 Å². The molecular weight excluding hydrogens is 497 g/mol. The fraction of sp³-hybridized carbons (Fsp3) is 0.345. The average molecular weight is 531 g/mol. The van der Waals surface area contributed by atoms with Gasteiger partial charge in [-0.25, -0.2) is 0 Å². The van der Waals surface area contributed by atoms with E-state index in [-0.39, 0.29) is 37.8 Å². The van der Waals surface area contributed by atoms with Gasteiger partial charge in [0, 0.05) is 24.2 Å². The summed E-state index contributed by atoms with van der Waals surface area (Å²) in [7, 11) is 0. The first-order chi connectivity index (χ1) is 17.9. The van der Waals surface area contributed by atoms with Crippen molar-refractivity contribution in [3.8, 4) is 5.75 Å². The highest BCUT2D eigenvalue weighted by Crippen LogP contribution is 2.29. The van der Waals surface area contributed by atoms with Gasteiger partial charge < -0.3 is 26.0 Å². The van der Waals surface area contributed by atoms with Crippen molar-refractivity contribution >= 4 is 5.91 Å². The van der Waals surface area contributed by atoms with Crippen LogP contribution in [-0.4, -0.2) is 33.3 Å². The second kappa shape index (κ2) is 12.4. The van der Waals surface area contributed by atoms with Gasteiger partial charge in [-0.1, -0.05) is 42.5 Å². The summed E-state index contributed by atoms with van der Waals surface area (Å²) in [6.45, 7) is 3.90. The fourth-order valence-electron chi connectivity index (χ4n) is 4.16. The molecule has 0 saturated heterocycles. The molecule has 0 aliphatic rings. The van der Waals surface area contributed by atoms with Crippen molar-refractivity contribution in [3.63, 3.8) is 0 Å². The Kier molecular flexibility index (Phi) is 9.54. The van der Waals surface area contributed by atoms with Crippen LogP contribution in [-0.2, 0) is 37.0 Å². The van der Waals surface area contributed by atoms with E-state index in [1.165, 1.54) is 18.2 Å². The summed E-state index contributed by atoms with van der Waals surface area (Å²) in [6, 6.07) is 17.0. The number of hydrogen-bond acceptors (Lipinski definition) is 5. The summed E-state index contributed by atoms with van der Waals surface area (Å²) in [5.41, 5.74) is 1.90. The predicted molar refractivity (Wildman–Crippen MR) is 138 cm³/mol. The topological polar surface area (TPSA) is 102 Å². The molecule has 0 heterocycles. The Morgan fingerprint density at radius 1 is 0.947 bits per heavy atom. The number of rotatable bonds is 11. The van der Waals surface area contributed by atoms with Gasteiger partial charge in [0.1, 0.15) is 5.75 Å². The summed E-state index contributed by atoms with van der Waals surface area (Å²) in [5, 5.41) is 35.6. The summed E-state index contributed by atoms with van der Waals surface area (Å²) in [6.07, 6.45) is -4.58. The minimum Gasteiger partial charge on any atom is -0.508 e. The van der Waals surface area contributed by atoms with Gasteiger partial charge >= 0.3 is 6.18 Å². The lowest BCUT2D eigenvalue weighted by Crippen LogP contribution is -2.43. The van der Waals surface area contributed by atoms with Crippen molar-refractivity contribution in [3.05, 3.63) is 100 Å². The number of hydrogen-bond donors (Lipinski definition) is 5. The van der Waals surface area contributed by atoms with E-state index < -0.39 is 23.4 Å². The Morgan fingerprint density at radius 2 is 1.63 bits per heavy atom. The van der Waals surface area contributed by atoms with Crippen LogP contribution >= 0.6 is 0 Å². The maximum Gasteiger partial charge on any atom is 0.416 e. The largest absolute Gasteiger partial charge is 0.508 e. The van der Waals surface area contributed by atoms with E-state index in [9.17, 15) is 33.3 Å². The summed E-state index contributed by atoms with van der Waals surface area (Å²) in [5.74, 6) is -0.322. The first-order valence-electron chi connectivity index (χ1n) is 12.2. The van der Waals surface area contributed by atoms with Crippen LogP contribution in [0.2, 0.25) is 0 Å². The van der Waals surface area contributed by atoms with Gasteiger partial charge in [0.2, 0.25) is 5.91 Å². The first kappa shape index (κ1) is 29.2. The molecule has 0 aliphatic heterocycles. The van der Waals surface area contributed by atoms with E-state index >= 15 is 0 Å². The monoisotopic (exact) mass is 530 g/mol. The third-order valence-electron chi connectivity index (χ3n) is 6.18. The number of aliphatic hydroxyl groups is 2. The Hall–Kier alpha value is -3.40. The van der Waals surface area contributed by atoms with E-state index in [1.54, 1.807) is 12.1 Å². The maximum absolute atomic E-state index is 12.9. The molecule has 9 heteroatoms. The molecule has 3 rings (SSSR count). The van der Waals surface area contributed by atoms with E-state index in [1.807, 2.05) is 38.1 Å². The van der Waals surface area contributed by atoms with Crippen LogP contribution in [0.15, 0.2) is 66.7 Å². The molecule has 3 aromatic rings. The normalized spacial score (nSPS) is 12.8. The quantitative estimate of drug-likeness (QED) is 0.253. The second-order valence-electron chi connectivity index (χ2n) is 9.98. The number of aromatic hydroxyl groups is 1. The smallest absolute Gasteiger partial charge is 0.416 e. The van der Waals surface area contributed by atoms with Crippen LogP contribution in [0, 0.1) is 0 Å². The Bertz CT molecular complexity index is 1240. The zero-order chi connectivity index (χ0) is 27.9. The van der Waals surface area contributed by atoms with Crippen LogP contribution in [0.1, 0.15) is 53.3 Å². The van der Waals surface area contributed by atoms with Gasteiger partial charge in [-0.3, -0.25) is 4.79 Å². The standard InChI is InChI=1S/C29H33F3N2O4/c1-28(2,34-17-26(37)22-9-10-25(36)23(14-22)18-35)15-20-6-3-5-19(11-20)13-27(38)33-16-21-7-4-8-24(12-21)29(30,31)32/h3-12,14,26,34-37H,13,15-18H2,1-2H3,(H,33,38)/t26-/m0/s1. The number of carbonyl (C=O) groups is 1. The molecule has 0 spiro atoms. The third-order valence-corrected chi connectivity index (χ3v) is 6.18. The lowest BCUT2D eigenvalue weighted by Gasteiger charge is -2.28. The molecular formula is C29H33F3N2O4. The number of β-amino-alcohol motifs (C(OH)–C–C–N with tert-alkyl or cyclic N) is 1. The summed E-state index contributed by atoms with van der Waals surface area (Å²) < 4.78 is 38.7. The minimum atomic E-state index is -4.43. The lowest BCUT2D eigenvalue weighted by molar-refractivity contribution is -0.137. The fourth-order valence-corrected chi connectivity index (χ4v) is 4.16. The molecule has 6 nitrogen and oxygen atoms in total.